The van der Waals surface area contributed by atoms with Crippen LogP contribution in [0.25, 0.3) is 0 Å². The van der Waals surface area contributed by atoms with E-state index in [2.05, 4.69) is 4.74 Å². The Morgan fingerprint density at radius 3 is 1.30 bits per heavy atom. The molecule has 37 heavy (non-hydrogen) atoms. The smallest absolute Gasteiger partial charge is 0.428 e. The second-order valence-corrected chi connectivity index (χ2v) is 7.98. The van der Waals surface area contributed by atoms with E-state index in [1.165, 1.54) is 0 Å². The van der Waals surface area contributed by atoms with Crippen molar-refractivity contribution < 1.29 is 92.3 Å². The van der Waals surface area contributed by atoms with Crippen molar-refractivity contribution in [1.82, 2.24) is 0 Å². The summed E-state index contributed by atoms with van der Waals surface area (Å²) in [5.74, 6) is -51.8. The molecule has 0 spiro atoms. The number of allylic oxidation sites excluding steroid dienone is 2. The van der Waals surface area contributed by atoms with Crippen LogP contribution in [-0.2, 0) is 10.1 Å². The SMILES string of the molecule is O=S(=O)(O)c1ccc(OC(F)(F)C(F)(F)C(F)(F)/C(F)=C(\F)C(F)(F)C(F)(F)C(F)(F)C(F)(F)F)cc1. The fraction of sp³-hybridized carbons (Fsp3) is 0.467. The molecule has 4 nitrogen and oxygen atoms in total. The fourth-order valence-corrected chi connectivity index (χ4v) is 2.48. The Hall–Kier alpha value is -2.52. The van der Waals surface area contributed by atoms with Gasteiger partial charge in [0.2, 0.25) is 11.7 Å². The Morgan fingerprint density at radius 2 is 0.973 bits per heavy atom. The zero-order valence-corrected chi connectivity index (χ0v) is 17.1. The Balaban J connectivity index is 3.55. The Bertz CT molecular complexity index is 1140. The first-order valence-electron chi connectivity index (χ1n) is 8.16. The number of rotatable bonds is 9. The van der Waals surface area contributed by atoms with Crippen LogP contribution in [0.1, 0.15) is 0 Å². The molecule has 0 aliphatic carbocycles. The standard InChI is InChI=1S/C15H5F17O4S/c16-7(9(18,19)11(22,23)13(26,27)14(28,29)30)8(17)10(20,21)12(24,25)15(31,32)36-5-1-3-6(4-2-5)37(33,34)35/h1-4H,(H,33,34,35)/b8-7+. The maximum atomic E-state index is 13.7. The first kappa shape index (κ1) is 32.5. The van der Waals surface area contributed by atoms with Gasteiger partial charge >= 0.3 is 41.9 Å². The topological polar surface area (TPSA) is 63.6 Å². The number of benzene rings is 1. The third kappa shape index (κ3) is 5.25. The highest BCUT2D eigenvalue weighted by atomic mass is 32.2. The molecule has 0 atom stereocenters. The van der Waals surface area contributed by atoms with Gasteiger partial charge in [0.1, 0.15) is 5.75 Å². The molecule has 0 amide bonds. The van der Waals surface area contributed by atoms with E-state index in [0.717, 1.165) is 0 Å². The van der Waals surface area contributed by atoms with E-state index >= 15 is 0 Å². The van der Waals surface area contributed by atoms with Gasteiger partial charge in [-0.05, 0) is 24.3 Å². The zero-order valence-electron chi connectivity index (χ0n) is 16.3. The van der Waals surface area contributed by atoms with Crippen molar-refractivity contribution in [3.63, 3.8) is 0 Å². The molecule has 0 saturated heterocycles. The van der Waals surface area contributed by atoms with Crippen molar-refractivity contribution >= 4 is 10.1 Å². The van der Waals surface area contributed by atoms with E-state index in [1.54, 1.807) is 0 Å². The maximum absolute atomic E-state index is 13.7. The van der Waals surface area contributed by atoms with Crippen LogP contribution in [-0.4, -0.2) is 54.9 Å². The molecular weight excluding hydrogens is 599 g/mol. The van der Waals surface area contributed by atoms with Crippen molar-refractivity contribution in [2.75, 3.05) is 0 Å². The van der Waals surface area contributed by atoms with Gasteiger partial charge in [-0.15, -0.1) is 0 Å². The van der Waals surface area contributed by atoms with Crippen LogP contribution in [0.3, 0.4) is 0 Å². The number of ether oxygens (including phenoxy) is 1. The number of hydrogen-bond donors (Lipinski definition) is 1. The summed E-state index contributed by atoms with van der Waals surface area (Å²) >= 11 is 0. The van der Waals surface area contributed by atoms with Gasteiger partial charge in [0.15, 0.2) is 0 Å². The minimum atomic E-state index is -8.17. The monoisotopic (exact) mass is 604 g/mol. The molecule has 22 heteroatoms. The number of halogens is 17. The second-order valence-electron chi connectivity index (χ2n) is 6.56. The third-order valence-corrected chi connectivity index (χ3v) is 4.88. The molecule has 0 bridgehead atoms. The van der Waals surface area contributed by atoms with Crippen LogP contribution in [0, 0.1) is 0 Å². The molecule has 0 aliphatic rings. The van der Waals surface area contributed by atoms with Gasteiger partial charge in [-0.2, -0.15) is 74.3 Å². The van der Waals surface area contributed by atoms with Crippen LogP contribution in [0.4, 0.5) is 74.6 Å². The molecule has 1 rings (SSSR count). The lowest BCUT2D eigenvalue weighted by molar-refractivity contribution is -0.392. The third-order valence-electron chi connectivity index (χ3n) is 4.02. The van der Waals surface area contributed by atoms with Crippen molar-refractivity contribution in [2.45, 2.75) is 46.8 Å². The van der Waals surface area contributed by atoms with Gasteiger partial charge in [0.05, 0.1) is 4.90 Å². The molecule has 0 saturated carbocycles. The van der Waals surface area contributed by atoms with Crippen molar-refractivity contribution in [3.05, 3.63) is 35.9 Å². The lowest BCUT2D eigenvalue weighted by atomic mass is 9.99. The molecule has 0 heterocycles. The van der Waals surface area contributed by atoms with Gasteiger partial charge in [0, 0.05) is 0 Å². The number of alkyl halides is 15. The molecule has 214 valence electrons. The van der Waals surface area contributed by atoms with Gasteiger partial charge in [0.25, 0.3) is 10.1 Å². The molecule has 0 aromatic heterocycles. The molecule has 0 radical (unpaired) electrons. The summed E-state index contributed by atoms with van der Waals surface area (Å²) in [5, 5.41) is 0. The summed E-state index contributed by atoms with van der Waals surface area (Å²) in [6, 6.07) is 0.180. The minimum absolute atomic E-state index is 0.0358. The predicted octanol–water partition coefficient (Wildman–Crippen LogP) is 6.79. The van der Waals surface area contributed by atoms with Crippen molar-refractivity contribution in [3.8, 4) is 5.75 Å². The largest absolute Gasteiger partial charge is 0.471 e. The predicted molar refractivity (Wildman–Crippen MR) is 81.9 cm³/mol. The molecular formula is C15H5F17O4S. The van der Waals surface area contributed by atoms with E-state index in [9.17, 15) is 83.1 Å². The van der Waals surface area contributed by atoms with E-state index in [0.29, 0.717) is 0 Å². The van der Waals surface area contributed by atoms with Gasteiger partial charge in [-0.25, -0.2) is 8.78 Å². The van der Waals surface area contributed by atoms with Crippen molar-refractivity contribution in [1.29, 1.82) is 0 Å². The maximum Gasteiger partial charge on any atom is 0.471 e. The average molecular weight is 604 g/mol. The summed E-state index contributed by atoms with van der Waals surface area (Å²) in [6.07, 6.45) is -14.5. The summed E-state index contributed by atoms with van der Waals surface area (Å²) in [6.45, 7) is 0. The van der Waals surface area contributed by atoms with E-state index in [1.807, 2.05) is 0 Å². The minimum Gasteiger partial charge on any atom is -0.428 e. The lowest BCUT2D eigenvalue weighted by Gasteiger charge is -2.34. The van der Waals surface area contributed by atoms with Gasteiger partial charge in [-0.3, -0.25) is 4.55 Å². The Kier molecular flexibility index (Phi) is 7.95. The van der Waals surface area contributed by atoms with Crippen LogP contribution >= 0.6 is 0 Å². The van der Waals surface area contributed by atoms with E-state index < -0.39 is 74.3 Å². The van der Waals surface area contributed by atoms with E-state index in [4.69, 9.17) is 4.55 Å². The van der Waals surface area contributed by atoms with Crippen LogP contribution in [0.15, 0.2) is 40.8 Å². The zero-order chi connectivity index (χ0) is 29.8. The highest BCUT2D eigenvalue weighted by Gasteiger charge is 2.84. The molecule has 0 unspecified atom stereocenters. The fourth-order valence-electron chi connectivity index (χ4n) is 2.00. The summed E-state index contributed by atoms with van der Waals surface area (Å²) in [4.78, 5) is -1.13. The summed E-state index contributed by atoms with van der Waals surface area (Å²) in [5.41, 5.74) is 0. The average Bonchev–Trinajstić information content (AvgIpc) is 2.70. The number of hydrogen-bond acceptors (Lipinski definition) is 3. The van der Waals surface area contributed by atoms with Crippen LogP contribution in [0.2, 0.25) is 0 Å². The summed E-state index contributed by atoms with van der Waals surface area (Å²) in [7, 11) is -5.05. The van der Waals surface area contributed by atoms with Crippen LogP contribution < -0.4 is 4.74 Å². The van der Waals surface area contributed by atoms with E-state index in [-0.39, 0.29) is 24.3 Å². The molecule has 1 aromatic rings. The summed E-state index contributed by atoms with van der Waals surface area (Å²) < 4.78 is 256. The normalized spacial score (nSPS) is 15.9. The molecule has 1 N–H and O–H groups in total. The molecule has 0 aliphatic heterocycles. The highest BCUT2D eigenvalue weighted by molar-refractivity contribution is 7.85. The first-order valence-corrected chi connectivity index (χ1v) is 9.60. The molecule has 1 aromatic carbocycles. The Morgan fingerprint density at radius 1 is 0.622 bits per heavy atom. The van der Waals surface area contributed by atoms with Gasteiger partial charge in [-0.1, -0.05) is 0 Å². The molecule has 0 fully saturated rings. The highest BCUT2D eigenvalue weighted by Crippen LogP contribution is 2.58. The quantitative estimate of drug-likeness (QED) is 0.249. The van der Waals surface area contributed by atoms with Gasteiger partial charge < -0.3 is 4.74 Å². The first-order chi connectivity index (χ1) is 16.0. The van der Waals surface area contributed by atoms with Crippen LogP contribution in [0.5, 0.6) is 5.75 Å². The van der Waals surface area contributed by atoms with Crippen molar-refractivity contribution in [2.24, 2.45) is 0 Å². The lowest BCUT2D eigenvalue weighted by Crippen LogP contribution is -2.62. The Labute approximate surface area is 192 Å². The second kappa shape index (κ2) is 9.05.